The van der Waals surface area contributed by atoms with Gasteiger partial charge in [0.25, 0.3) is 0 Å². The number of nitrogens with one attached hydrogen (secondary N) is 1. The number of aliphatic hydroxyl groups is 1. The maximum absolute atomic E-state index is 13.4. The van der Waals surface area contributed by atoms with Crippen LogP contribution in [0.15, 0.2) is 18.2 Å². The Kier molecular flexibility index (Phi) is 6.04. The number of carbonyl (C=O) groups is 1. The molecule has 0 aliphatic heterocycles. The van der Waals surface area contributed by atoms with E-state index < -0.39 is 23.6 Å². The van der Waals surface area contributed by atoms with Crippen LogP contribution in [0.3, 0.4) is 0 Å². The third-order valence-electron chi connectivity index (χ3n) is 2.78. The van der Waals surface area contributed by atoms with E-state index in [1.165, 1.54) is 0 Å². The molecule has 0 aliphatic carbocycles. The van der Waals surface area contributed by atoms with Crippen molar-refractivity contribution < 1.29 is 18.7 Å². The molecule has 1 rings (SSSR count). The van der Waals surface area contributed by atoms with Crippen molar-refractivity contribution in [3.8, 4) is 0 Å². The molecule has 2 N–H and O–H groups in total. The Morgan fingerprint density at radius 2 is 2.00 bits per heavy atom. The Bertz CT molecular complexity index is 464. The number of hydrogen-bond donors (Lipinski definition) is 2. The van der Waals surface area contributed by atoms with Gasteiger partial charge in [-0.2, -0.15) is 0 Å². The number of aliphatic hydroxyl groups excluding tert-OH is 1. The van der Waals surface area contributed by atoms with E-state index in [9.17, 15) is 18.7 Å². The van der Waals surface area contributed by atoms with E-state index in [1.807, 2.05) is 13.8 Å². The van der Waals surface area contributed by atoms with Crippen LogP contribution in [-0.4, -0.2) is 41.1 Å². The van der Waals surface area contributed by atoms with Crippen LogP contribution >= 0.6 is 0 Å². The third kappa shape index (κ3) is 5.22. The molecule has 0 aliphatic rings. The van der Waals surface area contributed by atoms with Gasteiger partial charge in [-0.05, 0) is 32.9 Å². The van der Waals surface area contributed by atoms with Crippen molar-refractivity contribution in [2.45, 2.75) is 32.9 Å². The van der Waals surface area contributed by atoms with Gasteiger partial charge in [0.05, 0.1) is 18.3 Å². The Labute approximate surface area is 117 Å². The van der Waals surface area contributed by atoms with Gasteiger partial charge in [-0.1, -0.05) is 0 Å². The second kappa shape index (κ2) is 7.31. The molecule has 0 spiro atoms. The number of benzene rings is 1. The molecule has 0 aromatic heterocycles. The minimum absolute atomic E-state index is 0.00147. The second-order valence-corrected chi connectivity index (χ2v) is 5.04. The van der Waals surface area contributed by atoms with Crippen LogP contribution in [0, 0.1) is 11.6 Å². The summed E-state index contributed by atoms with van der Waals surface area (Å²) in [5.41, 5.74) is -0.184. The van der Waals surface area contributed by atoms with Crippen molar-refractivity contribution in [3.05, 3.63) is 29.8 Å². The number of hydrogen-bond acceptors (Lipinski definition) is 3. The zero-order valence-corrected chi connectivity index (χ0v) is 11.9. The van der Waals surface area contributed by atoms with Crippen LogP contribution in [0.25, 0.3) is 0 Å². The van der Waals surface area contributed by atoms with Crippen LogP contribution < -0.4 is 5.32 Å². The normalized spacial score (nSPS) is 12.8. The predicted octanol–water partition coefficient (Wildman–Crippen LogP) is 1.99. The summed E-state index contributed by atoms with van der Waals surface area (Å²) in [4.78, 5) is 13.6. The van der Waals surface area contributed by atoms with E-state index in [1.54, 1.807) is 11.8 Å². The van der Waals surface area contributed by atoms with Gasteiger partial charge in [0, 0.05) is 18.7 Å². The summed E-state index contributed by atoms with van der Waals surface area (Å²) < 4.78 is 26.4. The molecular weight excluding hydrogens is 266 g/mol. The SMILES string of the molecule is CC(O)CN(CC(=O)Nc1cc(F)ccc1F)C(C)C. The van der Waals surface area contributed by atoms with Gasteiger partial charge in [0.2, 0.25) is 5.91 Å². The van der Waals surface area contributed by atoms with E-state index in [-0.39, 0.29) is 18.3 Å². The van der Waals surface area contributed by atoms with Crippen LogP contribution in [0.5, 0.6) is 0 Å². The molecule has 1 amide bonds. The van der Waals surface area contributed by atoms with Crippen molar-refractivity contribution >= 4 is 11.6 Å². The molecule has 1 atom stereocenters. The van der Waals surface area contributed by atoms with Gasteiger partial charge in [-0.3, -0.25) is 9.69 Å². The van der Waals surface area contributed by atoms with Crippen molar-refractivity contribution in [3.63, 3.8) is 0 Å². The average molecular weight is 286 g/mol. The molecule has 0 saturated carbocycles. The van der Waals surface area contributed by atoms with Crippen LogP contribution in [0.2, 0.25) is 0 Å². The van der Waals surface area contributed by atoms with Gasteiger partial charge in [0.15, 0.2) is 0 Å². The number of rotatable bonds is 6. The molecule has 6 heteroatoms. The van der Waals surface area contributed by atoms with Crippen LogP contribution in [-0.2, 0) is 4.79 Å². The maximum Gasteiger partial charge on any atom is 0.238 e. The molecule has 0 bridgehead atoms. The lowest BCUT2D eigenvalue weighted by Crippen LogP contribution is -2.41. The molecule has 20 heavy (non-hydrogen) atoms. The molecule has 1 aromatic carbocycles. The lowest BCUT2D eigenvalue weighted by molar-refractivity contribution is -0.118. The highest BCUT2D eigenvalue weighted by atomic mass is 19.1. The molecule has 0 radical (unpaired) electrons. The van der Waals surface area contributed by atoms with Crippen LogP contribution in [0.4, 0.5) is 14.5 Å². The molecule has 112 valence electrons. The van der Waals surface area contributed by atoms with Crippen LogP contribution in [0.1, 0.15) is 20.8 Å². The summed E-state index contributed by atoms with van der Waals surface area (Å²) in [5.74, 6) is -1.76. The topological polar surface area (TPSA) is 52.6 Å². The first-order chi connectivity index (χ1) is 9.29. The molecule has 0 heterocycles. The van der Waals surface area contributed by atoms with Gasteiger partial charge < -0.3 is 10.4 Å². The Balaban J connectivity index is 2.68. The quantitative estimate of drug-likeness (QED) is 0.841. The van der Waals surface area contributed by atoms with E-state index in [2.05, 4.69) is 5.32 Å². The predicted molar refractivity (Wildman–Crippen MR) is 73.4 cm³/mol. The summed E-state index contributed by atoms with van der Waals surface area (Å²) in [6.07, 6.45) is -0.573. The summed E-state index contributed by atoms with van der Waals surface area (Å²) in [6.45, 7) is 5.73. The lowest BCUT2D eigenvalue weighted by atomic mass is 10.2. The number of nitrogens with zero attached hydrogens (tertiary/aromatic N) is 1. The van der Waals surface area contributed by atoms with Crippen molar-refractivity contribution in [2.24, 2.45) is 0 Å². The number of amides is 1. The smallest absolute Gasteiger partial charge is 0.238 e. The fraction of sp³-hybridized carbons (Fsp3) is 0.500. The number of anilines is 1. The standard InChI is InChI=1S/C14H20F2N2O2/c1-9(2)18(7-10(3)19)8-14(20)17-13-6-11(15)4-5-12(13)16/h4-6,9-10,19H,7-8H2,1-3H3,(H,17,20). The van der Waals surface area contributed by atoms with Gasteiger partial charge in [-0.15, -0.1) is 0 Å². The second-order valence-electron chi connectivity index (χ2n) is 5.04. The van der Waals surface area contributed by atoms with Crippen molar-refractivity contribution in [2.75, 3.05) is 18.4 Å². The number of carbonyl (C=O) groups excluding carboxylic acids is 1. The Hall–Kier alpha value is -1.53. The molecule has 1 aromatic rings. The van der Waals surface area contributed by atoms with Crippen molar-refractivity contribution in [1.29, 1.82) is 0 Å². The van der Waals surface area contributed by atoms with E-state index in [0.29, 0.717) is 6.54 Å². The van der Waals surface area contributed by atoms with Gasteiger partial charge in [-0.25, -0.2) is 8.78 Å². The first-order valence-electron chi connectivity index (χ1n) is 6.46. The molecular formula is C14H20F2N2O2. The zero-order valence-electron chi connectivity index (χ0n) is 11.9. The molecule has 0 saturated heterocycles. The van der Waals surface area contributed by atoms with E-state index >= 15 is 0 Å². The fourth-order valence-corrected chi connectivity index (χ4v) is 1.76. The van der Waals surface area contributed by atoms with Gasteiger partial charge in [0.1, 0.15) is 11.6 Å². The monoisotopic (exact) mass is 286 g/mol. The first kappa shape index (κ1) is 16.5. The van der Waals surface area contributed by atoms with Crippen molar-refractivity contribution in [1.82, 2.24) is 4.90 Å². The molecule has 0 fully saturated rings. The molecule has 4 nitrogen and oxygen atoms in total. The third-order valence-corrected chi connectivity index (χ3v) is 2.78. The Morgan fingerprint density at radius 1 is 1.35 bits per heavy atom. The van der Waals surface area contributed by atoms with E-state index in [4.69, 9.17) is 0 Å². The summed E-state index contributed by atoms with van der Waals surface area (Å²) in [6, 6.07) is 2.93. The highest BCUT2D eigenvalue weighted by Crippen LogP contribution is 2.15. The number of halogens is 2. The molecule has 1 unspecified atom stereocenters. The highest BCUT2D eigenvalue weighted by molar-refractivity contribution is 5.92. The average Bonchev–Trinajstić information content (AvgIpc) is 2.32. The summed E-state index contributed by atoms with van der Waals surface area (Å²) in [5, 5.41) is 11.7. The summed E-state index contributed by atoms with van der Waals surface area (Å²) in [7, 11) is 0. The lowest BCUT2D eigenvalue weighted by Gasteiger charge is -2.26. The minimum Gasteiger partial charge on any atom is -0.392 e. The Morgan fingerprint density at radius 3 is 2.55 bits per heavy atom. The maximum atomic E-state index is 13.4. The summed E-state index contributed by atoms with van der Waals surface area (Å²) >= 11 is 0. The zero-order chi connectivity index (χ0) is 15.3. The first-order valence-corrected chi connectivity index (χ1v) is 6.46. The van der Waals surface area contributed by atoms with Gasteiger partial charge >= 0.3 is 0 Å². The largest absolute Gasteiger partial charge is 0.392 e. The fourth-order valence-electron chi connectivity index (χ4n) is 1.76. The van der Waals surface area contributed by atoms with E-state index in [0.717, 1.165) is 18.2 Å². The highest BCUT2D eigenvalue weighted by Gasteiger charge is 2.17. The minimum atomic E-state index is -0.689.